The maximum Gasteiger partial charge on any atom is 0.318 e. The van der Waals surface area contributed by atoms with Gasteiger partial charge in [-0.2, -0.15) is 0 Å². The fourth-order valence-electron chi connectivity index (χ4n) is 1.93. The second kappa shape index (κ2) is 6.34. The molecule has 102 valence electrons. The summed E-state index contributed by atoms with van der Waals surface area (Å²) in [5.41, 5.74) is 4.24. The molecule has 0 spiro atoms. The Balaban J connectivity index is 2.28. The Morgan fingerprint density at radius 2 is 2.06 bits per heavy atom. The molecular weight excluding hydrogens is 236 g/mol. The highest BCUT2D eigenvalue weighted by molar-refractivity contribution is 5.93. The SMILES string of the molecule is CC1(C(=O)NCCC(=O)NC(N)=O)CCCCN1. The lowest BCUT2D eigenvalue weighted by Crippen LogP contribution is -2.57. The molecule has 4 amide bonds. The molecule has 0 aromatic rings. The summed E-state index contributed by atoms with van der Waals surface area (Å²) >= 11 is 0. The standard InChI is InChI=1S/C11H20N4O3/c1-11(5-2-3-6-14-11)9(17)13-7-4-8(16)15-10(12)18/h14H,2-7H2,1H3,(H,13,17)(H3,12,15,16,18). The minimum Gasteiger partial charge on any atom is -0.354 e. The van der Waals surface area contributed by atoms with Crippen LogP contribution in [-0.2, 0) is 9.59 Å². The van der Waals surface area contributed by atoms with Gasteiger partial charge in [0.05, 0.1) is 5.54 Å². The third kappa shape index (κ3) is 4.33. The van der Waals surface area contributed by atoms with Crippen LogP contribution in [0.1, 0.15) is 32.6 Å². The minimum absolute atomic E-state index is 0.0325. The first kappa shape index (κ1) is 14.4. The van der Waals surface area contributed by atoms with Gasteiger partial charge >= 0.3 is 6.03 Å². The Kier molecular flexibility index (Phi) is 5.08. The van der Waals surface area contributed by atoms with Crippen molar-refractivity contribution in [3.05, 3.63) is 0 Å². The average Bonchev–Trinajstić information content (AvgIpc) is 2.28. The molecule has 1 atom stereocenters. The zero-order valence-electron chi connectivity index (χ0n) is 10.5. The van der Waals surface area contributed by atoms with Gasteiger partial charge in [-0.3, -0.25) is 14.9 Å². The van der Waals surface area contributed by atoms with Crippen molar-refractivity contribution in [2.45, 2.75) is 38.1 Å². The van der Waals surface area contributed by atoms with Crippen molar-refractivity contribution in [1.29, 1.82) is 0 Å². The maximum atomic E-state index is 11.9. The fourth-order valence-corrected chi connectivity index (χ4v) is 1.93. The predicted molar refractivity (Wildman–Crippen MR) is 65.6 cm³/mol. The largest absolute Gasteiger partial charge is 0.354 e. The molecule has 7 nitrogen and oxygen atoms in total. The average molecular weight is 256 g/mol. The van der Waals surface area contributed by atoms with Gasteiger partial charge in [-0.25, -0.2) is 4.79 Å². The second-order valence-electron chi connectivity index (χ2n) is 4.63. The Labute approximate surface area is 106 Å². The van der Waals surface area contributed by atoms with Crippen molar-refractivity contribution in [2.75, 3.05) is 13.1 Å². The molecule has 5 N–H and O–H groups in total. The van der Waals surface area contributed by atoms with Crippen LogP contribution in [0.15, 0.2) is 0 Å². The molecule has 0 saturated carbocycles. The van der Waals surface area contributed by atoms with E-state index in [1.165, 1.54) is 0 Å². The second-order valence-corrected chi connectivity index (χ2v) is 4.63. The quantitative estimate of drug-likeness (QED) is 0.528. The molecule has 1 rings (SSSR count). The summed E-state index contributed by atoms with van der Waals surface area (Å²) in [4.78, 5) is 33.4. The van der Waals surface area contributed by atoms with E-state index in [-0.39, 0.29) is 18.9 Å². The molecule has 1 unspecified atom stereocenters. The molecular formula is C11H20N4O3. The van der Waals surface area contributed by atoms with Gasteiger partial charge in [-0.1, -0.05) is 0 Å². The van der Waals surface area contributed by atoms with Gasteiger partial charge in [-0.05, 0) is 32.7 Å². The molecule has 1 aliphatic heterocycles. The summed E-state index contributed by atoms with van der Waals surface area (Å²) in [7, 11) is 0. The van der Waals surface area contributed by atoms with Crippen molar-refractivity contribution in [3.63, 3.8) is 0 Å². The van der Waals surface area contributed by atoms with E-state index in [1.807, 2.05) is 12.2 Å². The molecule has 1 fully saturated rings. The van der Waals surface area contributed by atoms with Crippen LogP contribution in [0.2, 0.25) is 0 Å². The number of urea groups is 1. The summed E-state index contributed by atoms with van der Waals surface area (Å²) in [5.74, 6) is -0.612. The number of rotatable bonds is 4. The number of carbonyl (C=O) groups excluding carboxylic acids is 3. The number of hydrogen-bond donors (Lipinski definition) is 4. The molecule has 7 heteroatoms. The van der Waals surface area contributed by atoms with Gasteiger partial charge < -0.3 is 16.4 Å². The highest BCUT2D eigenvalue weighted by Crippen LogP contribution is 2.18. The van der Waals surface area contributed by atoms with Crippen LogP contribution in [0, 0.1) is 0 Å². The molecule has 1 aliphatic rings. The molecule has 0 aromatic carbocycles. The van der Waals surface area contributed by atoms with Crippen LogP contribution in [-0.4, -0.2) is 36.5 Å². The number of primary amides is 1. The van der Waals surface area contributed by atoms with Crippen LogP contribution in [0.4, 0.5) is 4.79 Å². The number of piperidine rings is 1. The van der Waals surface area contributed by atoms with E-state index in [1.54, 1.807) is 0 Å². The van der Waals surface area contributed by atoms with Crippen molar-refractivity contribution in [1.82, 2.24) is 16.0 Å². The van der Waals surface area contributed by atoms with E-state index < -0.39 is 17.5 Å². The number of carbonyl (C=O) groups is 3. The normalized spacial score (nSPS) is 23.2. The van der Waals surface area contributed by atoms with E-state index in [4.69, 9.17) is 5.73 Å². The summed E-state index contributed by atoms with van der Waals surface area (Å²) < 4.78 is 0. The minimum atomic E-state index is -0.882. The maximum absolute atomic E-state index is 11.9. The highest BCUT2D eigenvalue weighted by atomic mass is 16.2. The smallest absolute Gasteiger partial charge is 0.318 e. The Morgan fingerprint density at radius 1 is 1.33 bits per heavy atom. The molecule has 18 heavy (non-hydrogen) atoms. The summed E-state index contributed by atoms with van der Waals surface area (Å²) in [5, 5.41) is 7.80. The van der Waals surface area contributed by atoms with E-state index >= 15 is 0 Å². The van der Waals surface area contributed by atoms with Crippen LogP contribution < -0.4 is 21.7 Å². The lowest BCUT2D eigenvalue weighted by Gasteiger charge is -2.33. The van der Waals surface area contributed by atoms with Crippen molar-refractivity contribution in [3.8, 4) is 0 Å². The number of hydrogen-bond acceptors (Lipinski definition) is 4. The van der Waals surface area contributed by atoms with E-state index in [9.17, 15) is 14.4 Å². The zero-order valence-corrected chi connectivity index (χ0v) is 10.5. The van der Waals surface area contributed by atoms with Crippen LogP contribution in [0.25, 0.3) is 0 Å². The van der Waals surface area contributed by atoms with E-state index in [2.05, 4.69) is 10.6 Å². The van der Waals surface area contributed by atoms with Crippen molar-refractivity contribution < 1.29 is 14.4 Å². The first-order valence-corrected chi connectivity index (χ1v) is 6.07. The lowest BCUT2D eigenvalue weighted by atomic mass is 9.90. The van der Waals surface area contributed by atoms with Crippen molar-refractivity contribution in [2.24, 2.45) is 5.73 Å². The Hall–Kier alpha value is -1.63. The van der Waals surface area contributed by atoms with E-state index in [0.29, 0.717) is 0 Å². The highest BCUT2D eigenvalue weighted by Gasteiger charge is 2.33. The Morgan fingerprint density at radius 3 is 2.61 bits per heavy atom. The van der Waals surface area contributed by atoms with Gasteiger partial charge in [0.25, 0.3) is 0 Å². The van der Waals surface area contributed by atoms with Gasteiger partial charge in [0.15, 0.2) is 0 Å². The van der Waals surface area contributed by atoms with Crippen molar-refractivity contribution >= 4 is 17.8 Å². The topological polar surface area (TPSA) is 113 Å². The third-order valence-corrected chi connectivity index (χ3v) is 3.02. The molecule has 0 bridgehead atoms. The van der Waals surface area contributed by atoms with Crippen LogP contribution in [0.5, 0.6) is 0 Å². The summed E-state index contributed by atoms with van der Waals surface area (Å²) in [6, 6.07) is -0.882. The summed E-state index contributed by atoms with van der Waals surface area (Å²) in [6.45, 7) is 2.87. The van der Waals surface area contributed by atoms with Gasteiger partial charge in [0, 0.05) is 13.0 Å². The third-order valence-electron chi connectivity index (χ3n) is 3.02. The first-order valence-electron chi connectivity index (χ1n) is 6.07. The van der Waals surface area contributed by atoms with Gasteiger partial charge in [0.1, 0.15) is 0 Å². The number of nitrogens with one attached hydrogen (secondary N) is 3. The lowest BCUT2D eigenvalue weighted by molar-refractivity contribution is -0.128. The Bertz CT molecular complexity index is 337. The van der Waals surface area contributed by atoms with E-state index in [0.717, 1.165) is 25.8 Å². The number of imide groups is 1. The zero-order chi connectivity index (χ0) is 13.6. The molecule has 1 saturated heterocycles. The summed E-state index contributed by atoms with van der Waals surface area (Å²) in [6.07, 6.45) is 2.90. The van der Waals surface area contributed by atoms with Crippen LogP contribution >= 0.6 is 0 Å². The fraction of sp³-hybridized carbons (Fsp3) is 0.727. The molecule has 0 aliphatic carbocycles. The first-order chi connectivity index (χ1) is 8.44. The molecule has 0 radical (unpaired) electrons. The van der Waals surface area contributed by atoms with Crippen LogP contribution in [0.3, 0.4) is 0 Å². The molecule has 0 aromatic heterocycles. The van der Waals surface area contributed by atoms with Gasteiger partial charge in [-0.15, -0.1) is 0 Å². The molecule has 1 heterocycles. The predicted octanol–water partition coefficient (Wildman–Crippen LogP) is -0.780. The number of amides is 4. The van der Waals surface area contributed by atoms with Gasteiger partial charge in [0.2, 0.25) is 11.8 Å². The monoisotopic (exact) mass is 256 g/mol. The number of nitrogens with two attached hydrogens (primary N) is 1.